The van der Waals surface area contributed by atoms with Crippen LogP contribution in [-0.2, 0) is 6.54 Å². The predicted molar refractivity (Wildman–Crippen MR) is 71.7 cm³/mol. The van der Waals surface area contributed by atoms with E-state index in [9.17, 15) is 5.11 Å². The predicted octanol–water partition coefficient (Wildman–Crippen LogP) is 1.61. The lowest BCUT2D eigenvalue weighted by Crippen LogP contribution is -2.46. The molecule has 1 rings (SSSR count). The number of aliphatic hydroxyl groups is 1. The van der Waals surface area contributed by atoms with E-state index in [0.717, 1.165) is 6.54 Å². The van der Waals surface area contributed by atoms with Crippen LogP contribution < -0.4 is 5.73 Å². The van der Waals surface area contributed by atoms with Crippen molar-refractivity contribution in [3.05, 3.63) is 35.9 Å². The molecule has 0 amide bonds. The zero-order chi connectivity index (χ0) is 12.9. The van der Waals surface area contributed by atoms with Gasteiger partial charge in [0.05, 0.1) is 6.10 Å². The molecule has 0 radical (unpaired) electrons. The fourth-order valence-corrected chi connectivity index (χ4v) is 1.71. The first-order valence-corrected chi connectivity index (χ1v) is 6.10. The Morgan fingerprint density at radius 3 is 2.29 bits per heavy atom. The van der Waals surface area contributed by atoms with Crippen LogP contribution in [0.4, 0.5) is 0 Å². The van der Waals surface area contributed by atoms with Crippen LogP contribution in [0.2, 0.25) is 0 Å². The van der Waals surface area contributed by atoms with E-state index in [1.54, 1.807) is 0 Å². The number of nitrogens with zero attached hydrogens (tertiary/aromatic N) is 1. The van der Waals surface area contributed by atoms with Crippen LogP contribution in [-0.4, -0.2) is 34.7 Å². The molecule has 3 N–H and O–H groups in total. The lowest BCUT2D eigenvalue weighted by Gasteiger charge is -2.37. The first-order valence-electron chi connectivity index (χ1n) is 6.10. The fraction of sp³-hybridized carbons (Fsp3) is 0.571. The van der Waals surface area contributed by atoms with E-state index in [1.165, 1.54) is 5.56 Å². The summed E-state index contributed by atoms with van der Waals surface area (Å²) in [5.74, 6) is 0. The van der Waals surface area contributed by atoms with Gasteiger partial charge in [-0.3, -0.25) is 4.90 Å². The van der Waals surface area contributed by atoms with Crippen LogP contribution in [0.3, 0.4) is 0 Å². The summed E-state index contributed by atoms with van der Waals surface area (Å²) in [6.45, 7) is 8.20. The Balaban J connectivity index is 2.71. The van der Waals surface area contributed by atoms with E-state index >= 15 is 0 Å². The van der Waals surface area contributed by atoms with E-state index in [1.807, 2.05) is 18.2 Å². The third kappa shape index (κ3) is 4.86. The van der Waals surface area contributed by atoms with Crippen LogP contribution >= 0.6 is 0 Å². The minimum atomic E-state index is -0.460. The summed E-state index contributed by atoms with van der Waals surface area (Å²) in [5.41, 5.74) is 6.76. The van der Waals surface area contributed by atoms with Gasteiger partial charge in [-0.1, -0.05) is 30.3 Å². The largest absolute Gasteiger partial charge is 0.390 e. The van der Waals surface area contributed by atoms with Gasteiger partial charge in [0.1, 0.15) is 0 Å². The molecule has 0 fully saturated rings. The lowest BCUT2D eigenvalue weighted by atomic mass is 10.0. The smallest absolute Gasteiger partial charge is 0.0789 e. The molecule has 0 saturated heterocycles. The van der Waals surface area contributed by atoms with Gasteiger partial charge in [-0.05, 0) is 26.3 Å². The summed E-state index contributed by atoms with van der Waals surface area (Å²) in [4.78, 5) is 2.25. The zero-order valence-electron chi connectivity index (χ0n) is 11.1. The monoisotopic (exact) mass is 236 g/mol. The van der Waals surface area contributed by atoms with Crippen molar-refractivity contribution in [2.75, 3.05) is 13.1 Å². The third-order valence-corrected chi connectivity index (χ3v) is 2.87. The Labute approximate surface area is 104 Å². The SMILES string of the molecule is CC(C)(C)N(Cc1ccccc1)CC(O)CN. The number of hydrogen-bond donors (Lipinski definition) is 2. The van der Waals surface area contributed by atoms with Gasteiger partial charge >= 0.3 is 0 Å². The number of benzene rings is 1. The lowest BCUT2D eigenvalue weighted by molar-refractivity contribution is 0.0567. The minimum absolute atomic E-state index is 0.0198. The summed E-state index contributed by atoms with van der Waals surface area (Å²) < 4.78 is 0. The molecule has 3 heteroatoms. The highest BCUT2D eigenvalue weighted by Gasteiger charge is 2.23. The molecule has 1 aromatic carbocycles. The molecule has 0 aliphatic rings. The van der Waals surface area contributed by atoms with Gasteiger partial charge in [0, 0.05) is 25.2 Å². The van der Waals surface area contributed by atoms with Crippen molar-refractivity contribution in [1.29, 1.82) is 0 Å². The number of β-amino-alcohol motifs (C(OH)–C–C–N with tert-alkyl or cyclic N) is 1. The Morgan fingerprint density at radius 2 is 1.82 bits per heavy atom. The molecule has 0 aliphatic carbocycles. The molecule has 1 aromatic rings. The van der Waals surface area contributed by atoms with E-state index in [0.29, 0.717) is 13.1 Å². The van der Waals surface area contributed by atoms with E-state index in [4.69, 9.17) is 5.73 Å². The number of rotatable bonds is 5. The average Bonchev–Trinajstić information content (AvgIpc) is 2.28. The zero-order valence-corrected chi connectivity index (χ0v) is 11.1. The van der Waals surface area contributed by atoms with Crippen LogP contribution in [0.25, 0.3) is 0 Å². The summed E-state index contributed by atoms with van der Waals surface area (Å²) in [6.07, 6.45) is -0.460. The Hall–Kier alpha value is -0.900. The van der Waals surface area contributed by atoms with Crippen LogP contribution in [0, 0.1) is 0 Å². The maximum absolute atomic E-state index is 9.70. The highest BCUT2D eigenvalue weighted by Crippen LogP contribution is 2.17. The highest BCUT2D eigenvalue weighted by molar-refractivity contribution is 5.14. The maximum atomic E-state index is 9.70. The van der Waals surface area contributed by atoms with Crippen molar-refractivity contribution in [2.24, 2.45) is 5.73 Å². The van der Waals surface area contributed by atoms with Crippen molar-refractivity contribution in [3.8, 4) is 0 Å². The van der Waals surface area contributed by atoms with Gasteiger partial charge in [-0.2, -0.15) is 0 Å². The first-order chi connectivity index (χ1) is 7.93. The third-order valence-electron chi connectivity index (χ3n) is 2.87. The van der Waals surface area contributed by atoms with Gasteiger partial charge in [0.25, 0.3) is 0 Å². The molecule has 17 heavy (non-hydrogen) atoms. The molecule has 0 bridgehead atoms. The number of hydrogen-bond acceptors (Lipinski definition) is 3. The highest BCUT2D eigenvalue weighted by atomic mass is 16.3. The fourth-order valence-electron chi connectivity index (χ4n) is 1.71. The summed E-state index contributed by atoms with van der Waals surface area (Å²) in [7, 11) is 0. The second kappa shape index (κ2) is 6.15. The van der Waals surface area contributed by atoms with Crippen molar-refractivity contribution >= 4 is 0 Å². The molecule has 1 unspecified atom stereocenters. The Kier molecular flexibility index (Phi) is 5.12. The molecular formula is C14H24N2O. The van der Waals surface area contributed by atoms with Gasteiger partial charge in [0.2, 0.25) is 0 Å². The van der Waals surface area contributed by atoms with Gasteiger partial charge in [-0.25, -0.2) is 0 Å². The van der Waals surface area contributed by atoms with Gasteiger partial charge in [-0.15, -0.1) is 0 Å². The van der Waals surface area contributed by atoms with E-state index in [2.05, 4.69) is 37.8 Å². The van der Waals surface area contributed by atoms with Crippen molar-refractivity contribution in [3.63, 3.8) is 0 Å². The van der Waals surface area contributed by atoms with Gasteiger partial charge < -0.3 is 10.8 Å². The van der Waals surface area contributed by atoms with Crippen molar-refractivity contribution in [2.45, 2.75) is 39.0 Å². The van der Waals surface area contributed by atoms with Gasteiger partial charge in [0.15, 0.2) is 0 Å². The Bertz CT molecular complexity index is 319. The minimum Gasteiger partial charge on any atom is -0.390 e. The molecule has 0 heterocycles. The number of nitrogens with two attached hydrogens (primary N) is 1. The summed E-state index contributed by atoms with van der Waals surface area (Å²) >= 11 is 0. The average molecular weight is 236 g/mol. The molecular weight excluding hydrogens is 212 g/mol. The second-order valence-electron chi connectivity index (χ2n) is 5.43. The topological polar surface area (TPSA) is 49.5 Å². The van der Waals surface area contributed by atoms with Crippen LogP contribution in [0.1, 0.15) is 26.3 Å². The number of aliphatic hydroxyl groups excluding tert-OH is 1. The first kappa shape index (κ1) is 14.2. The molecule has 0 saturated carbocycles. The second-order valence-corrected chi connectivity index (χ2v) is 5.43. The normalized spacial score (nSPS) is 14.0. The molecule has 3 nitrogen and oxygen atoms in total. The molecule has 1 atom stereocenters. The summed E-state index contributed by atoms with van der Waals surface area (Å²) in [6, 6.07) is 10.3. The molecule has 0 spiro atoms. The maximum Gasteiger partial charge on any atom is 0.0789 e. The van der Waals surface area contributed by atoms with E-state index < -0.39 is 6.10 Å². The Morgan fingerprint density at radius 1 is 1.24 bits per heavy atom. The molecule has 0 aromatic heterocycles. The molecule has 0 aliphatic heterocycles. The van der Waals surface area contributed by atoms with Crippen molar-refractivity contribution in [1.82, 2.24) is 4.90 Å². The standard InChI is InChI=1S/C14H24N2O/c1-14(2,3)16(11-13(17)9-15)10-12-7-5-4-6-8-12/h4-8,13,17H,9-11,15H2,1-3H3. The van der Waals surface area contributed by atoms with E-state index in [-0.39, 0.29) is 5.54 Å². The van der Waals surface area contributed by atoms with Crippen LogP contribution in [0.5, 0.6) is 0 Å². The van der Waals surface area contributed by atoms with Crippen molar-refractivity contribution < 1.29 is 5.11 Å². The van der Waals surface area contributed by atoms with Crippen LogP contribution in [0.15, 0.2) is 30.3 Å². The summed E-state index contributed by atoms with van der Waals surface area (Å²) in [5, 5.41) is 9.70. The molecule has 96 valence electrons. The quantitative estimate of drug-likeness (QED) is 0.816.